The lowest BCUT2D eigenvalue weighted by atomic mass is 10.00. The maximum Gasteiger partial charge on any atom is 0.0493 e. The number of anilines is 1. The molecule has 0 saturated carbocycles. The Labute approximate surface area is 154 Å². The van der Waals surface area contributed by atoms with Crippen molar-refractivity contribution in [1.29, 1.82) is 0 Å². The second-order valence-electron chi connectivity index (χ2n) is 7.27. The Kier molecular flexibility index (Phi) is 4.26. The molecule has 0 fully saturated rings. The van der Waals surface area contributed by atoms with Gasteiger partial charge >= 0.3 is 0 Å². The van der Waals surface area contributed by atoms with Crippen molar-refractivity contribution in [3.05, 3.63) is 79.0 Å². The van der Waals surface area contributed by atoms with Crippen LogP contribution in [-0.2, 0) is 6.54 Å². The third-order valence-electron chi connectivity index (χ3n) is 4.80. The van der Waals surface area contributed by atoms with Crippen LogP contribution in [0.3, 0.4) is 0 Å². The van der Waals surface area contributed by atoms with Crippen molar-refractivity contribution in [2.45, 2.75) is 20.4 Å². The molecule has 0 unspecified atom stereocenters. The fourth-order valence-electron chi connectivity index (χ4n) is 3.60. The minimum atomic E-state index is 0.576. The summed E-state index contributed by atoms with van der Waals surface area (Å²) >= 11 is 0. The highest BCUT2D eigenvalue weighted by Crippen LogP contribution is 2.36. The fourth-order valence-corrected chi connectivity index (χ4v) is 3.60. The molecule has 0 amide bonds. The lowest BCUT2D eigenvalue weighted by molar-refractivity contribution is 0.535. The summed E-state index contributed by atoms with van der Waals surface area (Å²) < 4.78 is 2.37. The fraction of sp³-hybridized carbons (Fsp3) is 0.167. The van der Waals surface area contributed by atoms with E-state index in [2.05, 4.69) is 85.3 Å². The molecule has 3 aromatic carbocycles. The summed E-state index contributed by atoms with van der Waals surface area (Å²) in [5, 5.41) is 1.25. The van der Waals surface area contributed by atoms with Crippen LogP contribution in [0.4, 0.5) is 5.69 Å². The van der Waals surface area contributed by atoms with Crippen molar-refractivity contribution in [2.75, 3.05) is 5.73 Å². The van der Waals surface area contributed by atoms with Crippen LogP contribution in [0.2, 0.25) is 0 Å². The number of nitrogens with two attached hydrogens (primary N) is 1. The van der Waals surface area contributed by atoms with Gasteiger partial charge in [-0.1, -0.05) is 74.5 Å². The summed E-state index contributed by atoms with van der Waals surface area (Å²) in [6.45, 7) is 5.49. The van der Waals surface area contributed by atoms with Crippen molar-refractivity contribution in [2.24, 2.45) is 5.92 Å². The van der Waals surface area contributed by atoms with E-state index in [-0.39, 0.29) is 0 Å². The monoisotopic (exact) mass is 340 g/mol. The molecule has 1 aromatic heterocycles. The zero-order chi connectivity index (χ0) is 18.1. The highest BCUT2D eigenvalue weighted by Gasteiger charge is 2.14. The Bertz CT molecular complexity index is 1040. The number of benzene rings is 3. The summed E-state index contributed by atoms with van der Waals surface area (Å²) in [6.07, 6.45) is 2.26. The first-order valence-electron chi connectivity index (χ1n) is 9.16. The van der Waals surface area contributed by atoms with Crippen LogP contribution >= 0.6 is 0 Å². The molecule has 0 atom stereocenters. The molecular formula is C24H24N2. The molecule has 2 N–H and O–H groups in total. The lowest BCUT2D eigenvalue weighted by Crippen LogP contribution is -2.02. The number of aromatic nitrogens is 1. The van der Waals surface area contributed by atoms with Crippen molar-refractivity contribution >= 4 is 16.6 Å². The van der Waals surface area contributed by atoms with Gasteiger partial charge in [-0.2, -0.15) is 0 Å². The zero-order valence-corrected chi connectivity index (χ0v) is 15.3. The van der Waals surface area contributed by atoms with E-state index in [1.54, 1.807) is 0 Å². The topological polar surface area (TPSA) is 30.9 Å². The van der Waals surface area contributed by atoms with Crippen LogP contribution in [0.5, 0.6) is 0 Å². The van der Waals surface area contributed by atoms with Gasteiger partial charge in [0.2, 0.25) is 0 Å². The molecule has 0 aliphatic carbocycles. The average molecular weight is 340 g/mol. The summed E-state index contributed by atoms with van der Waals surface area (Å²) in [6, 6.07) is 25.4. The van der Waals surface area contributed by atoms with Gasteiger partial charge in [-0.3, -0.25) is 0 Å². The Hall–Kier alpha value is -3.00. The third-order valence-corrected chi connectivity index (χ3v) is 4.80. The van der Waals surface area contributed by atoms with Gasteiger partial charge in [0, 0.05) is 40.5 Å². The molecule has 0 bridgehead atoms. The van der Waals surface area contributed by atoms with Gasteiger partial charge in [-0.05, 0) is 29.2 Å². The second kappa shape index (κ2) is 6.72. The van der Waals surface area contributed by atoms with Gasteiger partial charge in [-0.15, -0.1) is 0 Å². The number of nitrogen functional groups attached to an aromatic ring is 1. The van der Waals surface area contributed by atoms with Gasteiger partial charge in [0.05, 0.1) is 0 Å². The van der Waals surface area contributed by atoms with Gasteiger partial charge in [0.15, 0.2) is 0 Å². The Morgan fingerprint density at radius 2 is 1.54 bits per heavy atom. The van der Waals surface area contributed by atoms with E-state index in [0.29, 0.717) is 5.92 Å². The van der Waals surface area contributed by atoms with Crippen molar-refractivity contribution in [1.82, 2.24) is 4.57 Å². The molecule has 0 aliphatic rings. The first-order chi connectivity index (χ1) is 12.6. The van der Waals surface area contributed by atoms with Crippen LogP contribution < -0.4 is 5.73 Å². The second-order valence-corrected chi connectivity index (χ2v) is 7.27. The maximum absolute atomic E-state index is 6.27. The van der Waals surface area contributed by atoms with E-state index < -0.39 is 0 Å². The smallest absolute Gasteiger partial charge is 0.0493 e. The van der Waals surface area contributed by atoms with Gasteiger partial charge in [0.25, 0.3) is 0 Å². The quantitative estimate of drug-likeness (QED) is 0.440. The molecule has 0 radical (unpaired) electrons. The van der Waals surface area contributed by atoms with Crippen LogP contribution in [0, 0.1) is 5.92 Å². The van der Waals surface area contributed by atoms with E-state index in [0.717, 1.165) is 17.8 Å². The van der Waals surface area contributed by atoms with Crippen molar-refractivity contribution in [3.8, 4) is 22.3 Å². The average Bonchev–Trinajstić information content (AvgIpc) is 3.00. The molecule has 4 rings (SSSR count). The number of para-hydroxylation sites is 1. The molecule has 0 aliphatic heterocycles. The van der Waals surface area contributed by atoms with Gasteiger partial charge in [0.1, 0.15) is 0 Å². The molecule has 2 heteroatoms. The lowest BCUT2D eigenvalue weighted by Gasteiger charge is -2.09. The first-order valence-corrected chi connectivity index (χ1v) is 9.16. The van der Waals surface area contributed by atoms with Crippen LogP contribution in [0.25, 0.3) is 33.2 Å². The SMILES string of the molecule is CC(C)Cn1cc(-c2ccccc2N)c2ccc(-c3ccccc3)cc21. The number of rotatable bonds is 4. The van der Waals surface area contributed by atoms with E-state index in [9.17, 15) is 0 Å². The summed E-state index contributed by atoms with van der Waals surface area (Å²) in [5.74, 6) is 0.576. The van der Waals surface area contributed by atoms with E-state index >= 15 is 0 Å². The number of hydrogen-bond donors (Lipinski definition) is 1. The van der Waals surface area contributed by atoms with Crippen LogP contribution in [-0.4, -0.2) is 4.57 Å². The molecule has 26 heavy (non-hydrogen) atoms. The Morgan fingerprint density at radius 3 is 2.27 bits per heavy atom. The van der Waals surface area contributed by atoms with Crippen molar-refractivity contribution in [3.63, 3.8) is 0 Å². The van der Waals surface area contributed by atoms with Crippen molar-refractivity contribution < 1.29 is 0 Å². The standard InChI is InChI=1S/C24H24N2/c1-17(2)15-26-16-22(20-10-6-7-11-23(20)25)21-13-12-19(14-24(21)26)18-8-4-3-5-9-18/h3-14,16-17H,15,25H2,1-2H3. The minimum Gasteiger partial charge on any atom is -0.398 e. The van der Waals surface area contributed by atoms with E-state index in [1.165, 1.54) is 27.6 Å². The van der Waals surface area contributed by atoms with E-state index in [4.69, 9.17) is 5.73 Å². The highest BCUT2D eigenvalue weighted by atomic mass is 15.0. The largest absolute Gasteiger partial charge is 0.398 e. The van der Waals surface area contributed by atoms with Crippen LogP contribution in [0.15, 0.2) is 79.0 Å². The Balaban J connectivity index is 1.93. The molecular weight excluding hydrogens is 316 g/mol. The molecule has 130 valence electrons. The summed E-state index contributed by atoms with van der Waals surface area (Å²) in [7, 11) is 0. The minimum absolute atomic E-state index is 0.576. The molecule has 2 nitrogen and oxygen atoms in total. The predicted octanol–water partition coefficient (Wildman–Crippen LogP) is 6.21. The number of hydrogen-bond acceptors (Lipinski definition) is 1. The molecule has 0 saturated heterocycles. The number of nitrogens with zero attached hydrogens (tertiary/aromatic N) is 1. The molecule has 4 aromatic rings. The predicted molar refractivity (Wildman–Crippen MR) is 112 cm³/mol. The first kappa shape index (κ1) is 16.5. The zero-order valence-electron chi connectivity index (χ0n) is 15.3. The summed E-state index contributed by atoms with van der Waals surface area (Å²) in [4.78, 5) is 0. The molecule has 1 heterocycles. The summed E-state index contributed by atoms with van der Waals surface area (Å²) in [5.41, 5.74) is 13.1. The van der Waals surface area contributed by atoms with Gasteiger partial charge in [-0.25, -0.2) is 0 Å². The molecule has 0 spiro atoms. The highest BCUT2D eigenvalue weighted by molar-refractivity contribution is 6.00. The van der Waals surface area contributed by atoms with E-state index in [1.807, 2.05) is 12.1 Å². The van der Waals surface area contributed by atoms with Gasteiger partial charge < -0.3 is 10.3 Å². The van der Waals surface area contributed by atoms with Crippen LogP contribution in [0.1, 0.15) is 13.8 Å². The Morgan fingerprint density at radius 1 is 0.808 bits per heavy atom. The normalized spacial score (nSPS) is 11.3. The maximum atomic E-state index is 6.27. The number of fused-ring (bicyclic) bond motifs is 1. The third kappa shape index (κ3) is 2.99.